The van der Waals surface area contributed by atoms with E-state index < -0.39 is 0 Å². The van der Waals surface area contributed by atoms with Gasteiger partial charge in [-0.1, -0.05) is 43.9 Å². The van der Waals surface area contributed by atoms with Crippen LogP contribution in [0.3, 0.4) is 0 Å². The minimum absolute atomic E-state index is 0.0970. The van der Waals surface area contributed by atoms with E-state index in [1.165, 1.54) is 25.7 Å². The number of para-hydroxylation sites is 1. The number of rotatable bonds is 4. The molecule has 2 heterocycles. The predicted molar refractivity (Wildman–Crippen MR) is 106 cm³/mol. The molecule has 1 aromatic carbocycles. The smallest absolute Gasteiger partial charge is 0.254 e. The van der Waals surface area contributed by atoms with Gasteiger partial charge in [-0.2, -0.15) is 0 Å². The quantitative estimate of drug-likeness (QED) is 0.680. The first-order chi connectivity index (χ1) is 13.3. The van der Waals surface area contributed by atoms with Gasteiger partial charge in [-0.05, 0) is 25.0 Å². The molecule has 27 heavy (non-hydrogen) atoms. The van der Waals surface area contributed by atoms with Crippen molar-refractivity contribution in [3.05, 3.63) is 54.5 Å². The molecule has 3 aromatic rings. The van der Waals surface area contributed by atoms with Gasteiger partial charge >= 0.3 is 0 Å². The van der Waals surface area contributed by atoms with Gasteiger partial charge in [0.1, 0.15) is 0 Å². The molecular formula is C21H23N5O. The summed E-state index contributed by atoms with van der Waals surface area (Å²) in [7, 11) is 0. The Morgan fingerprint density at radius 1 is 0.926 bits per heavy atom. The summed E-state index contributed by atoms with van der Waals surface area (Å²) in [4.78, 5) is 25.5. The van der Waals surface area contributed by atoms with Gasteiger partial charge in [0.05, 0.1) is 16.8 Å². The van der Waals surface area contributed by atoms with Crippen LogP contribution in [0.15, 0.2) is 48.9 Å². The van der Waals surface area contributed by atoms with Gasteiger partial charge in [-0.15, -0.1) is 0 Å². The number of carbonyl (C=O) groups excluding carboxylic acids is 1. The van der Waals surface area contributed by atoms with E-state index in [1.54, 1.807) is 18.6 Å². The second-order valence-electron chi connectivity index (χ2n) is 6.96. The number of benzene rings is 1. The monoisotopic (exact) mass is 361 g/mol. The van der Waals surface area contributed by atoms with Crippen molar-refractivity contribution in [3.8, 4) is 0 Å². The second-order valence-corrected chi connectivity index (χ2v) is 6.96. The topological polar surface area (TPSA) is 79.8 Å². The normalized spacial score (nSPS) is 15.3. The van der Waals surface area contributed by atoms with Gasteiger partial charge in [-0.25, -0.2) is 9.97 Å². The van der Waals surface area contributed by atoms with Gasteiger partial charge in [0, 0.05) is 30.0 Å². The Balaban J connectivity index is 1.44. The highest BCUT2D eigenvalue weighted by Gasteiger charge is 2.16. The van der Waals surface area contributed by atoms with E-state index in [1.807, 2.05) is 30.3 Å². The number of hydrogen-bond acceptors (Lipinski definition) is 5. The summed E-state index contributed by atoms with van der Waals surface area (Å²) < 4.78 is 0. The van der Waals surface area contributed by atoms with E-state index in [0.29, 0.717) is 11.5 Å². The average molecular weight is 361 g/mol. The molecule has 2 aromatic heterocycles. The molecule has 6 nitrogen and oxygen atoms in total. The van der Waals surface area contributed by atoms with Crippen molar-refractivity contribution in [1.82, 2.24) is 20.3 Å². The molecule has 1 aliphatic rings. The van der Waals surface area contributed by atoms with Crippen LogP contribution in [-0.2, 0) is 0 Å². The van der Waals surface area contributed by atoms with Crippen LogP contribution in [0, 0.1) is 0 Å². The fraction of sp³-hybridized carbons (Fsp3) is 0.333. The molecule has 0 unspecified atom stereocenters. The molecule has 0 bridgehead atoms. The molecule has 1 fully saturated rings. The maximum Gasteiger partial charge on any atom is 0.254 e. The molecule has 1 saturated carbocycles. The number of anilines is 2. The Kier molecular flexibility index (Phi) is 5.23. The molecule has 2 N–H and O–H groups in total. The first kappa shape index (κ1) is 17.4. The van der Waals surface area contributed by atoms with Crippen molar-refractivity contribution >= 4 is 28.4 Å². The molecular weight excluding hydrogens is 338 g/mol. The van der Waals surface area contributed by atoms with Gasteiger partial charge in [0.2, 0.25) is 5.95 Å². The average Bonchev–Trinajstić information content (AvgIpc) is 2.97. The minimum Gasteiger partial charge on any atom is -0.349 e. The lowest BCUT2D eigenvalue weighted by Crippen LogP contribution is -2.34. The number of hydrogen-bond donors (Lipinski definition) is 2. The van der Waals surface area contributed by atoms with Crippen LogP contribution in [0.5, 0.6) is 0 Å². The van der Waals surface area contributed by atoms with Crippen LogP contribution >= 0.6 is 0 Å². The molecule has 6 heteroatoms. The Morgan fingerprint density at radius 2 is 1.67 bits per heavy atom. The largest absolute Gasteiger partial charge is 0.349 e. The van der Waals surface area contributed by atoms with E-state index in [4.69, 9.17) is 0 Å². The molecule has 138 valence electrons. The van der Waals surface area contributed by atoms with Crippen LogP contribution < -0.4 is 10.6 Å². The Bertz CT molecular complexity index is 912. The third-order valence-corrected chi connectivity index (χ3v) is 4.98. The lowest BCUT2D eigenvalue weighted by molar-refractivity contribution is 0.0932. The zero-order chi connectivity index (χ0) is 18.5. The maximum absolute atomic E-state index is 12.4. The van der Waals surface area contributed by atoms with Gasteiger partial charge in [-0.3, -0.25) is 9.78 Å². The van der Waals surface area contributed by atoms with Crippen LogP contribution in [0.25, 0.3) is 10.9 Å². The minimum atomic E-state index is -0.0970. The van der Waals surface area contributed by atoms with Crippen molar-refractivity contribution in [2.24, 2.45) is 0 Å². The molecule has 0 radical (unpaired) electrons. The number of pyridine rings is 1. The van der Waals surface area contributed by atoms with Crippen LogP contribution in [-0.4, -0.2) is 26.9 Å². The Morgan fingerprint density at radius 3 is 2.44 bits per heavy atom. The highest BCUT2D eigenvalue weighted by Crippen LogP contribution is 2.23. The second kappa shape index (κ2) is 8.12. The van der Waals surface area contributed by atoms with Crippen molar-refractivity contribution in [2.45, 2.75) is 44.6 Å². The first-order valence-electron chi connectivity index (χ1n) is 9.53. The predicted octanol–water partition coefficient (Wildman–Crippen LogP) is 4.22. The summed E-state index contributed by atoms with van der Waals surface area (Å²) in [6.07, 6.45) is 11.9. The van der Waals surface area contributed by atoms with Crippen molar-refractivity contribution < 1.29 is 4.79 Å². The van der Waals surface area contributed by atoms with Crippen molar-refractivity contribution in [2.75, 3.05) is 5.32 Å². The van der Waals surface area contributed by atoms with Gasteiger partial charge in [0.25, 0.3) is 5.91 Å². The molecule has 0 spiro atoms. The lowest BCUT2D eigenvalue weighted by Gasteiger charge is -2.16. The highest BCUT2D eigenvalue weighted by molar-refractivity contribution is 5.94. The molecule has 0 aliphatic heterocycles. The van der Waals surface area contributed by atoms with E-state index in [9.17, 15) is 4.79 Å². The molecule has 4 rings (SSSR count). The maximum atomic E-state index is 12.4. The van der Waals surface area contributed by atoms with E-state index in [2.05, 4.69) is 25.6 Å². The third-order valence-electron chi connectivity index (χ3n) is 4.98. The first-order valence-corrected chi connectivity index (χ1v) is 9.53. The number of nitrogens with one attached hydrogen (secondary N) is 2. The third kappa shape index (κ3) is 4.22. The van der Waals surface area contributed by atoms with Crippen molar-refractivity contribution in [3.63, 3.8) is 0 Å². The SMILES string of the molecule is O=C(NC1CCCCCC1)c1cnc(Nc2cccc3cccnc23)nc1. The van der Waals surface area contributed by atoms with Crippen LogP contribution in [0.4, 0.5) is 11.6 Å². The zero-order valence-corrected chi connectivity index (χ0v) is 15.2. The number of nitrogens with zero attached hydrogens (tertiary/aromatic N) is 3. The summed E-state index contributed by atoms with van der Waals surface area (Å²) >= 11 is 0. The van der Waals surface area contributed by atoms with E-state index in [0.717, 1.165) is 29.4 Å². The Labute approximate surface area is 158 Å². The fourth-order valence-electron chi connectivity index (χ4n) is 3.53. The number of amides is 1. The zero-order valence-electron chi connectivity index (χ0n) is 15.2. The van der Waals surface area contributed by atoms with Gasteiger partial charge < -0.3 is 10.6 Å². The van der Waals surface area contributed by atoms with Gasteiger partial charge in [0.15, 0.2) is 0 Å². The molecule has 1 amide bonds. The lowest BCUT2D eigenvalue weighted by atomic mass is 10.1. The Hall–Kier alpha value is -3.02. The fourth-order valence-corrected chi connectivity index (χ4v) is 3.53. The number of aromatic nitrogens is 3. The standard InChI is InChI=1S/C21H23N5O/c27-20(25-17-9-3-1-2-4-10-17)16-13-23-21(24-14-16)26-18-11-5-7-15-8-6-12-22-19(15)18/h5-8,11-14,17H,1-4,9-10H2,(H,25,27)(H,23,24,26). The summed E-state index contributed by atoms with van der Waals surface area (Å²) in [6, 6.07) is 10.1. The molecule has 0 saturated heterocycles. The van der Waals surface area contributed by atoms with E-state index in [-0.39, 0.29) is 11.9 Å². The van der Waals surface area contributed by atoms with Crippen LogP contribution in [0.2, 0.25) is 0 Å². The number of carbonyl (C=O) groups is 1. The molecule has 1 aliphatic carbocycles. The van der Waals surface area contributed by atoms with E-state index >= 15 is 0 Å². The summed E-state index contributed by atoms with van der Waals surface area (Å²) in [5.41, 5.74) is 2.18. The number of fused-ring (bicyclic) bond motifs is 1. The summed E-state index contributed by atoms with van der Waals surface area (Å²) in [5.74, 6) is 0.347. The van der Waals surface area contributed by atoms with Crippen LogP contribution in [0.1, 0.15) is 48.9 Å². The van der Waals surface area contributed by atoms with Crippen molar-refractivity contribution in [1.29, 1.82) is 0 Å². The molecule has 0 atom stereocenters. The highest BCUT2D eigenvalue weighted by atomic mass is 16.1. The summed E-state index contributed by atoms with van der Waals surface area (Å²) in [5, 5.41) is 7.35. The summed E-state index contributed by atoms with van der Waals surface area (Å²) in [6.45, 7) is 0.